The van der Waals surface area contributed by atoms with Crippen LogP contribution in [-0.4, -0.2) is 25.0 Å². The Balaban J connectivity index is 0.00000162. The Kier molecular flexibility index (Phi) is 4.69. The van der Waals surface area contributed by atoms with Crippen LogP contribution in [-0.2, 0) is 14.3 Å². The lowest BCUT2D eigenvalue weighted by atomic mass is 9.84. The minimum atomic E-state index is -0.719. The van der Waals surface area contributed by atoms with Gasteiger partial charge in [0.1, 0.15) is 0 Å². The largest absolute Gasteiger partial charge is 0.469 e. The number of rotatable bonds is 2. The van der Waals surface area contributed by atoms with Crippen molar-refractivity contribution in [2.45, 2.75) is 18.4 Å². The van der Waals surface area contributed by atoms with E-state index in [1.54, 1.807) is 6.07 Å². The molecule has 6 heteroatoms. The number of benzene rings is 1. The van der Waals surface area contributed by atoms with Crippen molar-refractivity contribution in [2.75, 3.05) is 12.4 Å². The summed E-state index contributed by atoms with van der Waals surface area (Å²) in [5.41, 5.74) is 7.42. The number of nitrogens with two attached hydrogens (primary N) is 1. The van der Waals surface area contributed by atoms with E-state index in [9.17, 15) is 9.59 Å². The fourth-order valence-corrected chi connectivity index (χ4v) is 2.03. The van der Waals surface area contributed by atoms with Gasteiger partial charge in [-0.15, -0.1) is 12.4 Å². The number of esters is 1. The van der Waals surface area contributed by atoms with Gasteiger partial charge in [0.2, 0.25) is 5.91 Å². The van der Waals surface area contributed by atoms with Crippen molar-refractivity contribution < 1.29 is 14.3 Å². The maximum Gasteiger partial charge on any atom is 0.306 e. The van der Waals surface area contributed by atoms with Crippen LogP contribution in [0.3, 0.4) is 0 Å². The molecule has 0 radical (unpaired) electrons. The zero-order chi connectivity index (χ0) is 12.4. The average Bonchev–Trinajstić information content (AvgIpc) is 2.34. The predicted molar refractivity (Wildman–Crippen MR) is 69.7 cm³/mol. The normalized spacial score (nSPS) is 21.3. The lowest BCUT2D eigenvalue weighted by Crippen LogP contribution is -2.45. The molecular formula is C12H15ClN2O3. The molecule has 0 saturated heterocycles. The molecule has 1 heterocycles. The molecule has 0 aromatic heterocycles. The summed E-state index contributed by atoms with van der Waals surface area (Å²) < 4.78 is 4.63. The van der Waals surface area contributed by atoms with Crippen molar-refractivity contribution in [2.24, 2.45) is 5.73 Å². The number of nitrogens with one attached hydrogen (secondary N) is 1. The molecule has 0 fully saturated rings. The summed E-state index contributed by atoms with van der Waals surface area (Å²) >= 11 is 0. The summed E-state index contributed by atoms with van der Waals surface area (Å²) in [6.45, 7) is 0. The molecule has 3 N–H and O–H groups in total. The molecule has 2 atom stereocenters. The zero-order valence-corrected chi connectivity index (χ0v) is 10.7. The quantitative estimate of drug-likeness (QED) is 0.787. The van der Waals surface area contributed by atoms with Gasteiger partial charge in [-0.1, -0.05) is 18.2 Å². The second-order valence-electron chi connectivity index (χ2n) is 3.99. The van der Waals surface area contributed by atoms with Gasteiger partial charge in [0, 0.05) is 11.6 Å². The van der Waals surface area contributed by atoms with Crippen LogP contribution in [0, 0.1) is 0 Å². The highest BCUT2D eigenvalue weighted by Crippen LogP contribution is 2.33. The molecule has 1 amide bonds. The maximum absolute atomic E-state index is 11.6. The van der Waals surface area contributed by atoms with Crippen molar-refractivity contribution in [3.63, 3.8) is 0 Å². The summed E-state index contributed by atoms with van der Waals surface area (Å²) in [6, 6.07) is 6.62. The lowest BCUT2D eigenvalue weighted by molar-refractivity contribution is -0.141. The number of amides is 1. The minimum Gasteiger partial charge on any atom is -0.469 e. The van der Waals surface area contributed by atoms with Gasteiger partial charge < -0.3 is 15.8 Å². The Hall–Kier alpha value is -1.59. The van der Waals surface area contributed by atoms with Gasteiger partial charge in [-0.05, 0) is 11.6 Å². The Labute approximate surface area is 111 Å². The zero-order valence-electron chi connectivity index (χ0n) is 9.88. The molecule has 1 aromatic rings. The van der Waals surface area contributed by atoms with E-state index < -0.39 is 6.04 Å². The first kappa shape index (κ1) is 14.5. The molecule has 18 heavy (non-hydrogen) atoms. The van der Waals surface area contributed by atoms with Crippen molar-refractivity contribution in [1.29, 1.82) is 0 Å². The molecule has 0 spiro atoms. The van der Waals surface area contributed by atoms with Crippen LogP contribution in [0.15, 0.2) is 24.3 Å². The van der Waals surface area contributed by atoms with E-state index in [-0.39, 0.29) is 36.6 Å². The smallest absolute Gasteiger partial charge is 0.306 e. The Morgan fingerprint density at radius 1 is 1.44 bits per heavy atom. The number of hydrogen-bond acceptors (Lipinski definition) is 4. The third-order valence-corrected chi connectivity index (χ3v) is 2.97. The topological polar surface area (TPSA) is 81.4 Å². The standard InChI is InChI=1S/C12H14N2O3.ClH/c1-17-10(15)6-8-7-4-2-3-5-9(7)14-12(16)11(8)13;/h2-5,8,11H,6,13H2,1H3,(H,14,16);1H. The van der Waals surface area contributed by atoms with Crippen molar-refractivity contribution in [3.8, 4) is 0 Å². The van der Waals surface area contributed by atoms with Gasteiger partial charge in [-0.3, -0.25) is 9.59 Å². The Bertz CT molecular complexity index is 464. The average molecular weight is 271 g/mol. The molecule has 0 aliphatic carbocycles. The van der Waals surface area contributed by atoms with Crippen LogP contribution >= 0.6 is 12.4 Å². The van der Waals surface area contributed by atoms with Crippen molar-refractivity contribution in [1.82, 2.24) is 0 Å². The summed E-state index contributed by atoms with van der Waals surface area (Å²) in [4.78, 5) is 23.0. The van der Waals surface area contributed by atoms with Crippen LogP contribution in [0.1, 0.15) is 17.9 Å². The molecule has 2 rings (SSSR count). The van der Waals surface area contributed by atoms with Gasteiger partial charge in [0.15, 0.2) is 0 Å². The molecule has 1 aromatic carbocycles. The number of halogens is 1. The molecule has 0 saturated carbocycles. The first-order chi connectivity index (χ1) is 8.13. The number of carbonyl (C=O) groups is 2. The van der Waals surface area contributed by atoms with Crippen molar-refractivity contribution >= 4 is 30.0 Å². The number of hydrogen-bond donors (Lipinski definition) is 2. The molecule has 0 bridgehead atoms. The second-order valence-corrected chi connectivity index (χ2v) is 3.99. The van der Waals surface area contributed by atoms with E-state index in [1.807, 2.05) is 18.2 Å². The highest BCUT2D eigenvalue weighted by molar-refractivity contribution is 5.99. The Morgan fingerprint density at radius 2 is 2.11 bits per heavy atom. The summed E-state index contributed by atoms with van der Waals surface area (Å²) in [7, 11) is 1.32. The summed E-state index contributed by atoms with van der Waals surface area (Å²) in [5, 5.41) is 2.71. The number of fused-ring (bicyclic) bond motifs is 1. The van der Waals surface area contributed by atoms with E-state index in [1.165, 1.54) is 7.11 Å². The first-order valence-corrected chi connectivity index (χ1v) is 5.35. The summed E-state index contributed by atoms with van der Waals surface area (Å²) in [6.07, 6.45) is 0.113. The summed E-state index contributed by atoms with van der Waals surface area (Å²) in [5.74, 6) is -0.958. The number of carbonyl (C=O) groups excluding carboxylic acids is 2. The second kappa shape index (κ2) is 5.84. The molecule has 2 unspecified atom stereocenters. The third-order valence-electron chi connectivity index (χ3n) is 2.97. The van der Waals surface area contributed by atoms with E-state index in [4.69, 9.17) is 5.73 Å². The molecule has 1 aliphatic heterocycles. The van der Waals surface area contributed by atoms with E-state index in [0.29, 0.717) is 5.69 Å². The SMILES string of the molecule is COC(=O)CC1c2ccccc2NC(=O)C1N.Cl. The molecule has 98 valence electrons. The van der Waals surface area contributed by atoms with E-state index >= 15 is 0 Å². The number of methoxy groups -OCH3 is 1. The van der Waals surface area contributed by atoms with Crippen LogP contribution in [0.2, 0.25) is 0 Å². The van der Waals surface area contributed by atoms with Crippen molar-refractivity contribution in [3.05, 3.63) is 29.8 Å². The van der Waals surface area contributed by atoms with Gasteiger partial charge in [-0.2, -0.15) is 0 Å². The van der Waals surface area contributed by atoms with Crippen LogP contribution in [0.4, 0.5) is 5.69 Å². The van der Waals surface area contributed by atoms with E-state index in [0.717, 1.165) is 5.56 Å². The Morgan fingerprint density at radius 3 is 2.78 bits per heavy atom. The van der Waals surface area contributed by atoms with Gasteiger partial charge in [0.05, 0.1) is 19.6 Å². The maximum atomic E-state index is 11.6. The number of para-hydroxylation sites is 1. The predicted octanol–water partition coefficient (Wildman–Crippen LogP) is 1.03. The van der Waals surface area contributed by atoms with Crippen LogP contribution < -0.4 is 11.1 Å². The van der Waals surface area contributed by atoms with Gasteiger partial charge in [-0.25, -0.2) is 0 Å². The molecule has 1 aliphatic rings. The minimum absolute atomic E-state index is 0. The monoisotopic (exact) mass is 270 g/mol. The lowest BCUT2D eigenvalue weighted by Gasteiger charge is -2.29. The van der Waals surface area contributed by atoms with Gasteiger partial charge in [0.25, 0.3) is 0 Å². The highest BCUT2D eigenvalue weighted by atomic mass is 35.5. The van der Waals surface area contributed by atoms with Crippen LogP contribution in [0.5, 0.6) is 0 Å². The van der Waals surface area contributed by atoms with Crippen LogP contribution in [0.25, 0.3) is 0 Å². The first-order valence-electron chi connectivity index (χ1n) is 5.35. The fraction of sp³-hybridized carbons (Fsp3) is 0.333. The number of ether oxygens (including phenoxy) is 1. The third kappa shape index (κ3) is 2.63. The van der Waals surface area contributed by atoms with E-state index in [2.05, 4.69) is 10.1 Å². The van der Waals surface area contributed by atoms with Gasteiger partial charge >= 0.3 is 5.97 Å². The fourth-order valence-electron chi connectivity index (χ4n) is 2.03. The molecular weight excluding hydrogens is 256 g/mol. The molecule has 5 nitrogen and oxygen atoms in total. The number of anilines is 1. The highest BCUT2D eigenvalue weighted by Gasteiger charge is 2.34.